The third-order valence-electron chi connectivity index (χ3n) is 9.80. The van der Waals surface area contributed by atoms with Gasteiger partial charge in [-0.15, -0.1) is 0 Å². The smallest absolute Gasteiger partial charge is 0.201 e. The minimum absolute atomic E-state index is 0.0512. The highest BCUT2D eigenvalue weighted by molar-refractivity contribution is 5.74. The van der Waals surface area contributed by atoms with Gasteiger partial charge in [0.15, 0.2) is 11.6 Å². The van der Waals surface area contributed by atoms with Crippen molar-refractivity contribution in [2.75, 3.05) is 6.61 Å². The highest BCUT2D eigenvalue weighted by atomic mass is 19.2. The van der Waals surface area contributed by atoms with Gasteiger partial charge in [0, 0.05) is 11.1 Å². The van der Waals surface area contributed by atoms with Crippen LogP contribution >= 0.6 is 0 Å². The second kappa shape index (κ2) is 15.6. The molecule has 0 bridgehead atoms. The fraction of sp³-hybridized carbons (Fsp3) is 0.450. The van der Waals surface area contributed by atoms with Gasteiger partial charge in [0.25, 0.3) is 0 Å². The van der Waals surface area contributed by atoms with Gasteiger partial charge in [-0.1, -0.05) is 87.2 Å². The number of allylic oxidation sites excluding steroid dienone is 4. The van der Waals surface area contributed by atoms with Crippen molar-refractivity contribution in [3.8, 4) is 28.0 Å². The normalized spacial score (nSPS) is 20.6. The van der Waals surface area contributed by atoms with E-state index in [1.54, 1.807) is 24.3 Å². The molecular formula is C40H47F3O. The van der Waals surface area contributed by atoms with E-state index in [9.17, 15) is 8.78 Å². The molecule has 2 aliphatic carbocycles. The van der Waals surface area contributed by atoms with E-state index in [0.29, 0.717) is 23.7 Å². The molecule has 2 aliphatic rings. The summed E-state index contributed by atoms with van der Waals surface area (Å²) in [6, 6.07) is 15.7. The van der Waals surface area contributed by atoms with E-state index in [1.165, 1.54) is 38.2 Å². The van der Waals surface area contributed by atoms with Crippen LogP contribution in [-0.4, -0.2) is 6.61 Å². The molecular weight excluding hydrogens is 553 g/mol. The van der Waals surface area contributed by atoms with Crippen molar-refractivity contribution in [2.24, 2.45) is 17.8 Å². The number of ether oxygens (including phenoxy) is 1. The molecule has 0 amide bonds. The summed E-state index contributed by atoms with van der Waals surface area (Å²) in [6.45, 7) is 4.64. The monoisotopic (exact) mass is 600 g/mol. The van der Waals surface area contributed by atoms with Gasteiger partial charge in [-0.2, -0.15) is 4.39 Å². The average Bonchev–Trinajstić information content (AvgIpc) is 3.05. The van der Waals surface area contributed by atoms with Crippen molar-refractivity contribution in [3.05, 3.63) is 95.8 Å². The van der Waals surface area contributed by atoms with E-state index in [0.717, 1.165) is 73.5 Å². The Bertz CT molecular complexity index is 1430. The van der Waals surface area contributed by atoms with Crippen LogP contribution < -0.4 is 4.74 Å². The number of benzene rings is 3. The molecule has 234 valence electrons. The molecule has 0 N–H and O–H groups in total. The van der Waals surface area contributed by atoms with Crippen molar-refractivity contribution >= 4 is 5.57 Å². The molecule has 1 atom stereocenters. The highest BCUT2D eigenvalue weighted by Crippen LogP contribution is 2.42. The van der Waals surface area contributed by atoms with Crippen LogP contribution in [0.15, 0.2) is 72.8 Å². The fourth-order valence-electron chi connectivity index (χ4n) is 7.16. The maximum absolute atomic E-state index is 15.4. The summed E-state index contributed by atoms with van der Waals surface area (Å²) >= 11 is 0. The lowest BCUT2D eigenvalue weighted by Gasteiger charge is -2.35. The Balaban J connectivity index is 1.20. The first kappa shape index (κ1) is 32.1. The Morgan fingerprint density at radius 1 is 0.727 bits per heavy atom. The van der Waals surface area contributed by atoms with Crippen LogP contribution in [0.2, 0.25) is 0 Å². The molecule has 1 saturated carbocycles. The molecule has 0 heterocycles. The predicted octanol–water partition coefficient (Wildman–Crippen LogP) is 12.4. The molecule has 1 fully saturated rings. The van der Waals surface area contributed by atoms with Gasteiger partial charge in [-0.3, -0.25) is 0 Å². The first-order valence-corrected chi connectivity index (χ1v) is 16.8. The maximum Gasteiger partial charge on any atom is 0.201 e. The quantitative estimate of drug-likeness (QED) is 0.148. The van der Waals surface area contributed by atoms with Gasteiger partial charge in [-0.05, 0) is 117 Å². The summed E-state index contributed by atoms with van der Waals surface area (Å²) in [5.74, 6) is 0.125. The molecule has 0 aromatic heterocycles. The third kappa shape index (κ3) is 7.86. The molecule has 3 aromatic carbocycles. The predicted molar refractivity (Wildman–Crippen MR) is 177 cm³/mol. The number of halogens is 3. The third-order valence-corrected chi connectivity index (χ3v) is 9.80. The molecule has 44 heavy (non-hydrogen) atoms. The van der Waals surface area contributed by atoms with Crippen molar-refractivity contribution in [1.82, 2.24) is 0 Å². The summed E-state index contributed by atoms with van der Waals surface area (Å²) in [4.78, 5) is 0. The number of rotatable bonds is 12. The van der Waals surface area contributed by atoms with Gasteiger partial charge < -0.3 is 4.74 Å². The molecule has 0 spiro atoms. The Kier molecular flexibility index (Phi) is 11.4. The summed E-state index contributed by atoms with van der Waals surface area (Å²) in [5, 5.41) is 0. The van der Waals surface area contributed by atoms with E-state index in [-0.39, 0.29) is 17.1 Å². The highest BCUT2D eigenvalue weighted by Gasteiger charge is 2.28. The molecule has 1 unspecified atom stereocenters. The van der Waals surface area contributed by atoms with Gasteiger partial charge in [0.05, 0.1) is 6.61 Å². The van der Waals surface area contributed by atoms with E-state index in [1.807, 2.05) is 24.3 Å². The van der Waals surface area contributed by atoms with Crippen LogP contribution in [0.25, 0.3) is 27.8 Å². The van der Waals surface area contributed by atoms with Crippen LogP contribution in [0.4, 0.5) is 13.2 Å². The van der Waals surface area contributed by atoms with Gasteiger partial charge in [0.2, 0.25) is 5.82 Å². The fourth-order valence-corrected chi connectivity index (χ4v) is 7.16. The minimum atomic E-state index is -0.960. The average molecular weight is 601 g/mol. The number of hydrogen-bond acceptors (Lipinski definition) is 1. The summed E-state index contributed by atoms with van der Waals surface area (Å²) in [5.41, 5.74) is 4.14. The summed E-state index contributed by atoms with van der Waals surface area (Å²) in [6.07, 6.45) is 20.4. The van der Waals surface area contributed by atoms with Crippen LogP contribution in [0.5, 0.6) is 5.75 Å². The lowest BCUT2D eigenvalue weighted by Crippen LogP contribution is -2.22. The largest absolute Gasteiger partial charge is 0.490 e. The van der Waals surface area contributed by atoms with Crippen LogP contribution in [0.3, 0.4) is 0 Å². The van der Waals surface area contributed by atoms with Crippen molar-refractivity contribution in [1.29, 1.82) is 0 Å². The first-order chi connectivity index (χ1) is 21.5. The van der Waals surface area contributed by atoms with E-state index in [2.05, 4.69) is 32.1 Å². The molecule has 1 nitrogen and oxygen atoms in total. The van der Waals surface area contributed by atoms with Crippen LogP contribution in [-0.2, 0) is 0 Å². The second-order valence-corrected chi connectivity index (χ2v) is 12.7. The summed E-state index contributed by atoms with van der Waals surface area (Å²) in [7, 11) is 0. The van der Waals surface area contributed by atoms with E-state index < -0.39 is 11.6 Å². The zero-order valence-electron chi connectivity index (χ0n) is 26.4. The first-order valence-electron chi connectivity index (χ1n) is 16.8. The lowest BCUT2D eigenvalue weighted by molar-refractivity contribution is 0.212. The topological polar surface area (TPSA) is 9.23 Å². The Morgan fingerprint density at radius 2 is 1.43 bits per heavy atom. The molecule has 0 radical (unpaired) electrons. The number of unbranched alkanes of at least 4 members (excludes halogenated alkanes) is 4. The lowest BCUT2D eigenvalue weighted by atomic mass is 9.71. The molecule has 4 heteroatoms. The Hall–Kier alpha value is -3.27. The summed E-state index contributed by atoms with van der Waals surface area (Å²) < 4.78 is 50.6. The van der Waals surface area contributed by atoms with Crippen LogP contribution in [0, 0.1) is 35.2 Å². The zero-order chi connectivity index (χ0) is 30.9. The maximum atomic E-state index is 15.4. The molecule has 3 aromatic rings. The van der Waals surface area contributed by atoms with Gasteiger partial charge in [-0.25, -0.2) is 8.78 Å². The zero-order valence-corrected chi connectivity index (χ0v) is 26.4. The molecule has 0 saturated heterocycles. The van der Waals surface area contributed by atoms with E-state index in [4.69, 9.17) is 4.74 Å². The SMILES string of the molecule is C/C=C/C1CCC(C2CC=C(c3ccc(-c4ccc(-c5ccc(OCCCCCCC)c(F)c5F)cc4)cc3F)CC2)CC1. The number of hydrogen-bond donors (Lipinski definition) is 0. The Labute approximate surface area is 262 Å². The minimum Gasteiger partial charge on any atom is -0.490 e. The van der Waals surface area contributed by atoms with Gasteiger partial charge in [0.1, 0.15) is 5.82 Å². The van der Waals surface area contributed by atoms with Crippen molar-refractivity contribution in [3.63, 3.8) is 0 Å². The van der Waals surface area contributed by atoms with Crippen molar-refractivity contribution < 1.29 is 17.9 Å². The standard InChI is InChI=1S/C40H47F3O/c1-3-5-6-7-8-26-44-38-25-24-36(39(42)40(38)43)33-20-16-31(17-21-33)34-22-23-35(37(41)27-34)32-18-14-30(15-19-32)29-12-10-28(9-4-2)11-13-29/h4,9,16-18,20-25,27-30H,3,5-8,10-15,19,26H2,1-2H3/b9-4+. The van der Waals surface area contributed by atoms with Gasteiger partial charge >= 0.3 is 0 Å². The molecule has 5 rings (SSSR count). The Morgan fingerprint density at radius 3 is 2.11 bits per heavy atom. The second-order valence-electron chi connectivity index (χ2n) is 12.7. The van der Waals surface area contributed by atoms with Crippen LogP contribution in [0.1, 0.15) is 96.5 Å². The molecule has 0 aliphatic heterocycles. The van der Waals surface area contributed by atoms with E-state index >= 15 is 4.39 Å². The van der Waals surface area contributed by atoms with Crippen molar-refractivity contribution in [2.45, 2.75) is 90.9 Å².